The van der Waals surface area contributed by atoms with Gasteiger partial charge in [0.25, 0.3) is 11.8 Å². The fourth-order valence-corrected chi connectivity index (χ4v) is 9.42. The Kier molecular flexibility index (Phi) is 2.90. The van der Waals surface area contributed by atoms with Gasteiger partial charge in [-0.2, -0.15) is 0 Å². The van der Waals surface area contributed by atoms with E-state index in [1.54, 1.807) is 12.1 Å². The van der Waals surface area contributed by atoms with Crippen LogP contribution >= 0.6 is 0 Å². The van der Waals surface area contributed by atoms with Crippen LogP contribution in [-0.2, 0) is 23.9 Å². The van der Waals surface area contributed by atoms with E-state index in [9.17, 15) is 28.8 Å². The van der Waals surface area contributed by atoms with Crippen LogP contribution in [0.4, 0.5) is 5.69 Å². The summed E-state index contributed by atoms with van der Waals surface area (Å²) < 4.78 is 5.03. The molecule has 1 saturated heterocycles. The van der Waals surface area contributed by atoms with Crippen LogP contribution in [0, 0.1) is 46.3 Å². The molecular formula is C24H19N3O7. The zero-order valence-corrected chi connectivity index (χ0v) is 18.0. The molecule has 34 heavy (non-hydrogen) atoms. The minimum absolute atomic E-state index is 0.0383. The van der Waals surface area contributed by atoms with Crippen LogP contribution in [0.1, 0.15) is 33.6 Å². The molecule has 1 aromatic rings. The van der Waals surface area contributed by atoms with Crippen molar-refractivity contribution in [3.63, 3.8) is 0 Å². The molecule has 0 radical (unpaired) electrons. The molecule has 0 aromatic heterocycles. The van der Waals surface area contributed by atoms with Gasteiger partial charge in [-0.3, -0.25) is 39.0 Å². The second-order valence-corrected chi connectivity index (χ2v) is 10.6. The van der Waals surface area contributed by atoms with Crippen LogP contribution < -0.4 is 10.6 Å². The van der Waals surface area contributed by atoms with Crippen molar-refractivity contribution in [3.8, 4) is 0 Å². The fraction of sp³-hybridized carbons (Fsp3) is 0.500. The number of rotatable bonds is 4. The van der Waals surface area contributed by atoms with Gasteiger partial charge in [0.1, 0.15) is 6.04 Å². The molecule has 10 heteroatoms. The van der Waals surface area contributed by atoms with Gasteiger partial charge in [-0.15, -0.1) is 0 Å². The van der Waals surface area contributed by atoms with Gasteiger partial charge < -0.3 is 10.1 Å². The van der Waals surface area contributed by atoms with Crippen LogP contribution in [0.5, 0.6) is 0 Å². The molecule has 0 spiro atoms. The van der Waals surface area contributed by atoms with Gasteiger partial charge in [-0.05, 0) is 54.1 Å². The SMILES string of the molecule is COC(=O)C12C3C4C1C1C2C3C41C(=O)Nc1cccc2c1C(=O)N(C1CCC(=O)NC1=O)C2=O. The van der Waals surface area contributed by atoms with Crippen molar-refractivity contribution < 1.29 is 33.5 Å². The number of nitrogens with one attached hydrogen (secondary N) is 2. The van der Waals surface area contributed by atoms with Gasteiger partial charge in [-0.1, -0.05) is 6.07 Å². The van der Waals surface area contributed by atoms with Gasteiger partial charge >= 0.3 is 5.97 Å². The number of methoxy groups -OCH3 is 1. The van der Waals surface area contributed by atoms with Gasteiger partial charge in [0.05, 0.1) is 34.8 Å². The highest BCUT2D eigenvalue weighted by molar-refractivity contribution is 6.26. The lowest BCUT2D eigenvalue weighted by Gasteiger charge is -3.09. The van der Waals surface area contributed by atoms with Gasteiger partial charge in [-0.25, -0.2) is 0 Å². The van der Waals surface area contributed by atoms with Crippen LogP contribution in [0.15, 0.2) is 18.2 Å². The van der Waals surface area contributed by atoms with Crippen LogP contribution in [0.2, 0.25) is 0 Å². The van der Waals surface area contributed by atoms with E-state index in [1.165, 1.54) is 13.2 Å². The van der Waals surface area contributed by atoms with Crippen molar-refractivity contribution in [2.45, 2.75) is 18.9 Å². The zero-order valence-electron chi connectivity index (χ0n) is 18.0. The largest absolute Gasteiger partial charge is 0.469 e. The lowest BCUT2D eigenvalue weighted by atomic mass is 8.92. The number of hydrogen-bond donors (Lipinski definition) is 2. The maximum absolute atomic E-state index is 13.5. The second-order valence-electron chi connectivity index (χ2n) is 10.6. The molecule has 6 saturated carbocycles. The first-order valence-electron chi connectivity index (χ1n) is 11.6. The summed E-state index contributed by atoms with van der Waals surface area (Å²) >= 11 is 0. The topological polar surface area (TPSA) is 139 Å². The molecule has 6 aliphatic carbocycles. The maximum atomic E-state index is 13.5. The molecule has 10 nitrogen and oxygen atoms in total. The summed E-state index contributed by atoms with van der Waals surface area (Å²) in [5.41, 5.74) is -0.338. The first kappa shape index (κ1) is 18.8. The summed E-state index contributed by atoms with van der Waals surface area (Å²) in [5.74, 6) is -1.37. The van der Waals surface area contributed by atoms with E-state index in [4.69, 9.17) is 4.74 Å². The molecule has 8 aliphatic rings. The smallest absolute Gasteiger partial charge is 0.312 e. The number of carbonyl (C=O) groups excluding carboxylic acids is 6. The highest BCUT2D eigenvalue weighted by Gasteiger charge is 3.13. The quantitative estimate of drug-likeness (QED) is 0.473. The van der Waals surface area contributed by atoms with Crippen molar-refractivity contribution in [2.24, 2.45) is 46.3 Å². The first-order chi connectivity index (χ1) is 16.3. The number of piperidine rings is 1. The van der Waals surface area contributed by atoms with Crippen LogP contribution in [-0.4, -0.2) is 53.6 Å². The Morgan fingerprint density at radius 1 is 1.00 bits per heavy atom. The van der Waals surface area contributed by atoms with Crippen molar-refractivity contribution in [2.75, 3.05) is 12.4 Å². The summed E-state index contributed by atoms with van der Waals surface area (Å²) in [6.45, 7) is 0. The fourth-order valence-electron chi connectivity index (χ4n) is 9.42. The Morgan fingerprint density at radius 3 is 2.26 bits per heavy atom. The molecule has 9 rings (SSSR count). The van der Waals surface area contributed by atoms with E-state index in [2.05, 4.69) is 10.6 Å². The Bertz CT molecular complexity index is 1290. The number of benzene rings is 1. The highest BCUT2D eigenvalue weighted by atomic mass is 16.5. The molecule has 0 bridgehead atoms. The van der Waals surface area contributed by atoms with Gasteiger partial charge in [0.15, 0.2) is 0 Å². The van der Waals surface area contributed by atoms with Crippen molar-refractivity contribution >= 4 is 41.2 Å². The summed E-state index contributed by atoms with van der Waals surface area (Å²) in [4.78, 5) is 76.8. The first-order valence-corrected chi connectivity index (χ1v) is 11.6. The summed E-state index contributed by atoms with van der Waals surface area (Å²) in [7, 11) is 1.42. The molecule has 1 atom stereocenters. The van der Waals surface area contributed by atoms with Crippen LogP contribution in [0.25, 0.3) is 0 Å². The predicted octanol–water partition coefficient (Wildman–Crippen LogP) is -0.0627. The second kappa shape index (κ2) is 5.24. The van der Waals surface area contributed by atoms with Gasteiger partial charge in [0.2, 0.25) is 17.7 Å². The number of nitrogens with zero attached hydrogens (tertiary/aromatic N) is 1. The van der Waals surface area contributed by atoms with Crippen molar-refractivity contribution in [1.82, 2.24) is 10.2 Å². The molecule has 1 aromatic carbocycles. The molecule has 2 aliphatic heterocycles. The Labute approximate surface area is 192 Å². The summed E-state index contributed by atoms with van der Waals surface area (Å²) in [5, 5.41) is 5.10. The lowest BCUT2D eigenvalue weighted by Crippen LogP contribution is -3.12. The predicted molar refractivity (Wildman–Crippen MR) is 110 cm³/mol. The molecule has 1 unspecified atom stereocenters. The number of anilines is 1. The Hall–Kier alpha value is -3.56. The average molecular weight is 461 g/mol. The van der Waals surface area contributed by atoms with E-state index in [0.29, 0.717) is 0 Å². The minimum Gasteiger partial charge on any atom is -0.469 e. The molecule has 2 heterocycles. The Balaban J connectivity index is 1.07. The van der Waals surface area contributed by atoms with E-state index in [0.717, 1.165) is 4.90 Å². The normalized spacial score (nSPS) is 45.0. The van der Waals surface area contributed by atoms with Crippen molar-refractivity contribution in [3.05, 3.63) is 29.3 Å². The lowest BCUT2D eigenvalue weighted by molar-refractivity contribution is -0.625. The summed E-state index contributed by atoms with van der Waals surface area (Å²) in [6.07, 6.45) is 0.106. The molecule has 7 fully saturated rings. The zero-order chi connectivity index (χ0) is 23.5. The van der Waals surface area contributed by atoms with E-state index >= 15 is 0 Å². The number of hydrogen-bond acceptors (Lipinski definition) is 7. The summed E-state index contributed by atoms with van der Waals surface area (Å²) in [6, 6.07) is 3.63. The molecule has 5 amide bonds. The average Bonchev–Trinajstić information content (AvgIpc) is 3.09. The maximum Gasteiger partial charge on any atom is 0.312 e. The molecule has 172 valence electrons. The van der Waals surface area contributed by atoms with E-state index in [-0.39, 0.29) is 82.5 Å². The third-order valence-corrected chi connectivity index (χ3v) is 10.3. The van der Waals surface area contributed by atoms with Gasteiger partial charge in [0, 0.05) is 6.42 Å². The molecule has 2 N–H and O–H groups in total. The minimum atomic E-state index is -1.06. The monoisotopic (exact) mass is 461 g/mol. The number of amides is 5. The number of fused-ring (bicyclic) bond motifs is 1. The Morgan fingerprint density at radius 2 is 1.65 bits per heavy atom. The van der Waals surface area contributed by atoms with E-state index in [1.807, 2.05) is 0 Å². The highest BCUT2D eigenvalue weighted by Crippen LogP contribution is 3.10. The van der Waals surface area contributed by atoms with Crippen LogP contribution in [0.3, 0.4) is 0 Å². The van der Waals surface area contributed by atoms with E-state index < -0.39 is 35.1 Å². The standard InChI is InChI=1S/C24H19N3O7/c1-34-22(33)24-15-12-16(24)14-17(24)13(15)23(12,14)21(32)25-8-4-2-3-7-11(8)20(31)27(19(7)30)9-5-6-10(28)26-18(9)29/h2-4,9,12-17H,5-6H2,1H3,(H,25,32)(H,26,28,29). The number of carbonyl (C=O) groups is 6. The third-order valence-electron chi connectivity index (χ3n) is 10.3. The number of imide groups is 2. The number of ether oxygens (including phenoxy) is 1. The molecular weight excluding hydrogens is 442 g/mol. The van der Waals surface area contributed by atoms with Crippen molar-refractivity contribution in [1.29, 1.82) is 0 Å². The third kappa shape index (κ3) is 1.45. The number of esters is 1.